The summed E-state index contributed by atoms with van der Waals surface area (Å²) in [4.78, 5) is 25.4. The van der Waals surface area contributed by atoms with E-state index in [9.17, 15) is 0 Å². The fraction of sp³-hybridized carbons (Fsp3) is 0.185. The minimum atomic E-state index is 0.694. The SMILES string of the molecule is Cc1ccc2nc(N3CCOCC3)c(-c3nc4c5cccnc5c5ncccc5c4[nH]3)cc2c1. The Labute approximate surface area is 195 Å². The molecule has 0 radical (unpaired) electrons. The quantitative estimate of drug-likeness (QED) is 0.376. The Bertz CT molecular complexity index is 1640. The lowest BCUT2D eigenvalue weighted by molar-refractivity contribution is 0.122. The number of benzene rings is 2. The molecule has 1 N–H and O–H groups in total. The number of rotatable bonds is 2. The third kappa shape index (κ3) is 2.94. The van der Waals surface area contributed by atoms with E-state index >= 15 is 0 Å². The second-order valence-corrected chi connectivity index (χ2v) is 8.76. The highest BCUT2D eigenvalue weighted by molar-refractivity contribution is 6.21. The van der Waals surface area contributed by atoms with E-state index in [1.54, 1.807) is 0 Å². The third-order valence-electron chi connectivity index (χ3n) is 6.58. The van der Waals surface area contributed by atoms with Crippen LogP contribution >= 0.6 is 0 Å². The zero-order chi connectivity index (χ0) is 22.6. The third-order valence-corrected chi connectivity index (χ3v) is 6.58. The van der Waals surface area contributed by atoms with Crippen LogP contribution in [0.5, 0.6) is 0 Å². The predicted octanol–water partition coefficient (Wildman–Crippen LogP) is 5.02. The van der Waals surface area contributed by atoms with Gasteiger partial charge in [0.05, 0.1) is 46.4 Å². The molecule has 6 aromatic rings. The molecular formula is C27H22N6O. The van der Waals surface area contributed by atoms with Gasteiger partial charge in [-0.05, 0) is 49.4 Å². The summed E-state index contributed by atoms with van der Waals surface area (Å²) in [5, 5.41) is 3.11. The molecule has 1 aliphatic rings. The number of nitrogens with zero attached hydrogens (tertiary/aromatic N) is 5. The fourth-order valence-corrected chi connectivity index (χ4v) is 4.95. The fourth-order valence-electron chi connectivity index (χ4n) is 4.95. The highest BCUT2D eigenvalue weighted by atomic mass is 16.5. The van der Waals surface area contributed by atoms with Crippen LogP contribution in [0.25, 0.3) is 55.1 Å². The Balaban J connectivity index is 1.55. The second kappa shape index (κ2) is 7.46. The van der Waals surface area contributed by atoms with E-state index in [2.05, 4.69) is 63.2 Å². The van der Waals surface area contributed by atoms with Gasteiger partial charge in [-0.1, -0.05) is 11.6 Å². The van der Waals surface area contributed by atoms with Gasteiger partial charge < -0.3 is 14.6 Å². The van der Waals surface area contributed by atoms with Gasteiger partial charge in [0.15, 0.2) is 0 Å². The van der Waals surface area contributed by atoms with Crippen molar-refractivity contribution in [3.63, 3.8) is 0 Å². The first-order valence-electron chi connectivity index (χ1n) is 11.5. The largest absolute Gasteiger partial charge is 0.378 e. The van der Waals surface area contributed by atoms with Crippen molar-refractivity contribution in [2.75, 3.05) is 31.2 Å². The zero-order valence-corrected chi connectivity index (χ0v) is 18.7. The van der Waals surface area contributed by atoms with Gasteiger partial charge in [-0.25, -0.2) is 9.97 Å². The highest BCUT2D eigenvalue weighted by Crippen LogP contribution is 2.37. The van der Waals surface area contributed by atoms with Crippen LogP contribution in [0.1, 0.15) is 5.56 Å². The Morgan fingerprint density at radius 3 is 2.44 bits per heavy atom. The summed E-state index contributed by atoms with van der Waals surface area (Å²) in [7, 11) is 0. The molecule has 0 unspecified atom stereocenters. The van der Waals surface area contributed by atoms with Gasteiger partial charge >= 0.3 is 0 Å². The Hall–Kier alpha value is -4.10. The van der Waals surface area contributed by atoms with E-state index in [-0.39, 0.29) is 0 Å². The lowest BCUT2D eigenvalue weighted by Crippen LogP contribution is -2.37. The van der Waals surface area contributed by atoms with E-state index in [4.69, 9.17) is 14.7 Å². The molecule has 5 heterocycles. The number of ether oxygens (including phenoxy) is 1. The molecule has 0 amide bonds. The summed E-state index contributed by atoms with van der Waals surface area (Å²) in [5.41, 5.74) is 6.79. The molecule has 1 fully saturated rings. The standard InChI is InChI=1S/C27H22N6O/c1-16-6-7-21-17(14-16)15-20(27(30-21)33-10-12-34-13-11-33)26-31-24-18-4-2-8-28-22(18)23-19(25(24)32-26)5-3-9-29-23/h2-9,14-15H,10-13H2,1H3,(H,31,32). The predicted molar refractivity (Wildman–Crippen MR) is 135 cm³/mol. The number of anilines is 1. The molecule has 0 spiro atoms. The van der Waals surface area contributed by atoms with Gasteiger partial charge in [0.1, 0.15) is 11.6 Å². The van der Waals surface area contributed by atoms with Crippen LogP contribution in [0.3, 0.4) is 0 Å². The van der Waals surface area contributed by atoms with Gasteiger partial charge in [0, 0.05) is 41.6 Å². The molecule has 0 aliphatic carbocycles. The number of hydrogen-bond donors (Lipinski definition) is 1. The summed E-state index contributed by atoms with van der Waals surface area (Å²) >= 11 is 0. The number of aromatic amines is 1. The van der Waals surface area contributed by atoms with Crippen LogP contribution in [0.15, 0.2) is 60.9 Å². The summed E-state index contributed by atoms with van der Waals surface area (Å²) in [6, 6.07) is 16.6. The molecular weight excluding hydrogens is 424 g/mol. The summed E-state index contributed by atoms with van der Waals surface area (Å²) in [6.07, 6.45) is 3.62. The van der Waals surface area contributed by atoms with E-state index in [0.29, 0.717) is 13.2 Å². The molecule has 0 saturated carbocycles. The number of H-pyrrole nitrogens is 1. The Morgan fingerprint density at radius 1 is 0.853 bits per heavy atom. The summed E-state index contributed by atoms with van der Waals surface area (Å²) in [5.74, 6) is 1.73. The topological polar surface area (TPSA) is 79.8 Å². The van der Waals surface area contributed by atoms with Gasteiger partial charge in [0.2, 0.25) is 0 Å². The smallest absolute Gasteiger partial charge is 0.142 e. The summed E-state index contributed by atoms with van der Waals surface area (Å²) < 4.78 is 5.61. The molecule has 0 bridgehead atoms. The van der Waals surface area contributed by atoms with Gasteiger partial charge in [-0.15, -0.1) is 0 Å². The van der Waals surface area contributed by atoms with E-state index in [0.717, 1.165) is 74.0 Å². The molecule has 4 aromatic heterocycles. The first kappa shape index (κ1) is 19.4. The van der Waals surface area contributed by atoms with Crippen molar-refractivity contribution in [2.24, 2.45) is 0 Å². The molecule has 1 aliphatic heterocycles. The maximum Gasteiger partial charge on any atom is 0.142 e. The molecule has 0 atom stereocenters. The van der Waals surface area contributed by atoms with Crippen molar-refractivity contribution >= 4 is 49.6 Å². The van der Waals surface area contributed by atoms with Gasteiger partial charge in [-0.2, -0.15) is 0 Å². The van der Waals surface area contributed by atoms with Crippen molar-refractivity contribution in [1.82, 2.24) is 24.9 Å². The molecule has 7 nitrogen and oxygen atoms in total. The summed E-state index contributed by atoms with van der Waals surface area (Å²) in [6.45, 7) is 5.10. The number of aryl methyl sites for hydroxylation is 1. The first-order chi connectivity index (χ1) is 16.8. The molecule has 7 rings (SSSR count). The molecule has 166 valence electrons. The van der Waals surface area contributed by atoms with E-state index in [1.165, 1.54) is 5.56 Å². The number of hydrogen-bond acceptors (Lipinski definition) is 6. The number of pyridine rings is 3. The maximum atomic E-state index is 5.61. The molecule has 7 heteroatoms. The van der Waals surface area contributed by atoms with Crippen LogP contribution in [-0.4, -0.2) is 51.2 Å². The van der Waals surface area contributed by atoms with Crippen LogP contribution in [0.4, 0.5) is 5.82 Å². The van der Waals surface area contributed by atoms with E-state index in [1.807, 2.05) is 24.5 Å². The van der Waals surface area contributed by atoms with Crippen LogP contribution < -0.4 is 4.90 Å². The second-order valence-electron chi connectivity index (χ2n) is 8.76. The number of imidazole rings is 1. The minimum absolute atomic E-state index is 0.694. The van der Waals surface area contributed by atoms with Crippen molar-refractivity contribution in [1.29, 1.82) is 0 Å². The average molecular weight is 447 g/mol. The molecule has 1 saturated heterocycles. The van der Waals surface area contributed by atoms with Crippen LogP contribution in [0.2, 0.25) is 0 Å². The number of aromatic nitrogens is 5. The van der Waals surface area contributed by atoms with Crippen LogP contribution in [-0.2, 0) is 4.74 Å². The van der Waals surface area contributed by atoms with Gasteiger partial charge in [0.25, 0.3) is 0 Å². The Morgan fingerprint density at radius 2 is 1.62 bits per heavy atom. The number of fused-ring (bicyclic) bond motifs is 7. The molecule has 34 heavy (non-hydrogen) atoms. The monoisotopic (exact) mass is 446 g/mol. The first-order valence-corrected chi connectivity index (χ1v) is 11.5. The Kier molecular flexibility index (Phi) is 4.25. The maximum absolute atomic E-state index is 5.61. The van der Waals surface area contributed by atoms with Crippen molar-refractivity contribution in [3.8, 4) is 11.4 Å². The molecule has 2 aromatic carbocycles. The number of nitrogens with one attached hydrogen (secondary N) is 1. The van der Waals surface area contributed by atoms with Crippen LogP contribution in [0, 0.1) is 6.92 Å². The van der Waals surface area contributed by atoms with Crippen molar-refractivity contribution < 1.29 is 4.74 Å². The average Bonchev–Trinajstić information content (AvgIpc) is 3.34. The lowest BCUT2D eigenvalue weighted by atomic mass is 10.1. The van der Waals surface area contributed by atoms with Crippen molar-refractivity contribution in [3.05, 3.63) is 66.5 Å². The zero-order valence-electron chi connectivity index (χ0n) is 18.7. The number of morpholine rings is 1. The van der Waals surface area contributed by atoms with Gasteiger partial charge in [-0.3, -0.25) is 9.97 Å². The van der Waals surface area contributed by atoms with Crippen molar-refractivity contribution in [2.45, 2.75) is 6.92 Å². The minimum Gasteiger partial charge on any atom is -0.378 e. The van der Waals surface area contributed by atoms with E-state index < -0.39 is 0 Å². The highest BCUT2D eigenvalue weighted by Gasteiger charge is 2.22. The lowest BCUT2D eigenvalue weighted by Gasteiger charge is -2.29. The normalized spacial score (nSPS) is 14.6.